The molecule has 0 saturated heterocycles. The summed E-state index contributed by atoms with van der Waals surface area (Å²) in [4.78, 5) is 23.4. The Morgan fingerprint density at radius 1 is 1.18 bits per heavy atom. The predicted octanol–water partition coefficient (Wildman–Crippen LogP) is 3.35. The minimum Gasteiger partial charge on any atom is -0.370 e. The molecule has 2 aromatic rings. The number of aliphatic hydroxyl groups is 1. The number of thioether (sulfide) groups is 1. The van der Waals surface area contributed by atoms with Crippen molar-refractivity contribution in [1.29, 1.82) is 0 Å². The van der Waals surface area contributed by atoms with Crippen LogP contribution in [0, 0.1) is 0 Å². The third-order valence-electron chi connectivity index (χ3n) is 3.34. The van der Waals surface area contributed by atoms with Gasteiger partial charge in [-0.3, -0.25) is 9.59 Å². The van der Waals surface area contributed by atoms with E-state index in [4.69, 9.17) is 11.6 Å². The highest BCUT2D eigenvalue weighted by molar-refractivity contribution is 8.01. The molecule has 2 aromatic carbocycles. The number of nitrogens with one attached hydrogen (secondary N) is 1. The number of hydrogen-bond donors (Lipinski definition) is 2. The molecule has 1 amide bonds. The summed E-state index contributed by atoms with van der Waals surface area (Å²) in [5.74, 6) is -0.903. The Hall–Kier alpha value is -1.82. The fraction of sp³-hybridized carbons (Fsp3) is 0.125. The number of anilines is 1. The largest absolute Gasteiger partial charge is 0.370 e. The van der Waals surface area contributed by atoms with E-state index in [2.05, 4.69) is 5.32 Å². The lowest BCUT2D eigenvalue weighted by Gasteiger charge is -2.31. The first kappa shape index (κ1) is 15.1. The van der Waals surface area contributed by atoms with Crippen LogP contribution in [0.2, 0.25) is 5.02 Å². The Morgan fingerprint density at radius 3 is 2.59 bits per heavy atom. The van der Waals surface area contributed by atoms with Crippen LogP contribution in [0.3, 0.4) is 0 Å². The lowest BCUT2D eigenvalue weighted by Crippen LogP contribution is -2.44. The molecule has 0 saturated carbocycles. The fourth-order valence-corrected chi connectivity index (χ4v) is 3.39. The first-order valence-corrected chi connectivity index (χ1v) is 7.78. The number of benzene rings is 2. The summed E-state index contributed by atoms with van der Waals surface area (Å²) in [5, 5.41) is 13.7. The molecule has 4 nitrogen and oxygen atoms in total. The molecular formula is C16H12ClNO3S. The monoisotopic (exact) mass is 333 g/mol. The van der Waals surface area contributed by atoms with E-state index in [9.17, 15) is 14.7 Å². The van der Waals surface area contributed by atoms with E-state index >= 15 is 0 Å². The van der Waals surface area contributed by atoms with Crippen molar-refractivity contribution >= 4 is 40.7 Å². The highest BCUT2D eigenvalue weighted by atomic mass is 35.5. The normalized spacial score (nSPS) is 20.2. The van der Waals surface area contributed by atoms with Crippen LogP contribution < -0.4 is 5.32 Å². The number of carbonyl (C=O) groups excluding carboxylic acids is 2. The van der Waals surface area contributed by atoms with Gasteiger partial charge in [0.2, 0.25) is 4.93 Å². The lowest BCUT2D eigenvalue weighted by atomic mass is 10.0. The SMILES string of the molecule is O=C(CC1(O)Sc2ccccc2NC1=O)c1ccc(Cl)cc1. The zero-order chi connectivity index (χ0) is 15.7. The van der Waals surface area contributed by atoms with E-state index in [-0.39, 0.29) is 12.2 Å². The third-order valence-corrected chi connectivity index (χ3v) is 4.83. The number of ketones is 1. The molecule has 2 N–H and O–H groups in total. The van der Waals surface area contributed by atoms with Gasteiger partial charge in [0.1, 0.15) is 0 Å². The highest BCUT2D eigenvalue weighted by Gasteiger charge is 2.43. The molecule has 1 atom stereocenters. The number of para-hydroxylation sites is 1. The molecule has 1 unspecified atom stereocenters. The molecule has 0 fully saturated rings. The van der Waals surface area contributed by atoms with Gasteiger partial charge in [0.25, 0.3) is 5.91 Å². The van der Waals surface area contributed by atoms with Crippen LogP contribution in [0.15, 0.2) is 53.4 Å². The van der Waals surface area contributed by atoms with E-state index in [1.165, 1.54) is 0 Å². The van der Waals surface area contributed by atoms with Crippen molar-refractivity contribution in [3.63, 3.8) is 0 Å². The Kier molecular flexibility index (Phi) is 3.95. The van der Waals surface area contributed by atoms with Gasteiger partial charge in [0, 0.05) is 15.5 Å². The topological polar surface area (TPSA) is 66.4 Å². The number of halogens is 1. The average Bonchev–Trinajstić information content (AvgIpc) is 2.49. The van der Waals surface area contributed by atoms with Crippen LogP contribution in [-0.4, -0.2) is 21.7 Å². The van der Waals surface area contributed by atoms with Crippen LogP contribution in [0.5, 0.6) is 0 Å². The molecule has 22 heavy (non-hydrogen) atoms. The highest BCUT2D eigenvalue weighted by Crippen LogP contribution is 2.43. The second-order valence-electron chi connectivity index (χ2n) is 4.94. The summed E-state index contributed by atoms with van der Waals surface area (Å²) in [5.41, 5.74) is 1.05. The second-order valence-corrected chi connectivity index (χ2v) is 6.70. The van der Waals surface area contributed by atoms with Gasteiger partial charge in [0.15, 0.2) is 5.78 Å². The standard InChI is InChI=1S/C16H12ClNO3S/c17-11-7-5-10(6-8-11)13(19)9-16(21)15(20)18-12-3-1-2-4-14(12)22-16/h1-8,21H,9H2,(H,18,20). The molecule has 1 aliphatic heterocycles. The number of carbonyl (C=O) groups is 2. The van der Waals surface area contributed by atoms with Crippen molar-refractivity contribution in [3.8, 4) is 0 Å². The van der Waals surface area contributed by atoms with Crippen molar-refractivity contribution < 1.29 is 14.7 Å². The molecule has 0 aromatic heterocycles. The molecule has 0 radical (unpaired) electrons. The van der Waals surface area contributed by atoms with Crippen LogP contribution >= 0.6 is 23.4 Å². The zero-order valence-corrected chi connectivity index (χ0v) is 12.9. The summed E-state index contributed by atoms with van der Waals surface area (Å²) in [6, 6.07) is 13.5. The Bertz CT molecular complexity index is 747. The van der Waals surface area contributed by atoms with Gasteiger partial charge in [-0.15, -0.1) is 0 Å². The Morgan fingerprint density at radius 2 is 1.86 bits per heavy atom. The van der Waals surface area contributed by atoms with Crippen molar-refractivity contribution in [3.05, 3.63) is 59.1 Å². The number of rotatable bonds is 3. The summed E-state index contributed by atoms with van der Waals surface area (Å²) >= 11 is 6.78. The van der Waals surface area contributed by atoms with E-state index < -0.39 is 10.8 Å². The fourth-order valence-electron chi connectivity index (χ4n) is 2.18. The van der Waals surface area contributed by atoms with Crippen LogP contribution in [-0.2, 0) is 4.79 Å². The Labute approximate surface area is 136 Å². The molecule has 112 valence electrons. The molecule has 0 aliphatic carbocycles. The van der Waals surface area contributed by atoms with Crippen LogP contribution in [0.4, 0.5) is 5.69 Å². The molecule has 0 spiro atoms. The molecule has 1 heterocycles. The van der Waals surface area contributed by atoms with Gasteiger partial charge < -0.3 is 10.4 Å². The van der Waals surface area contributed by atoms with Gasteiger partial charge >= 0.3 is 0 Å². The van der Waals surface area contributed by atoms with E-state index in [1.807, 2.05) is 6.07 Å². The van der Waals surface area contributed by atoms with Gasteiger partial charge in [-0.2, -0.15) is 0 Å². The summed E-state index contributed by atoms with van der Waals surface area (Å²) in [6.45, 7) is 0. The van der Waals surface area contributed by atoms with Crippen LogP contribution in [0.1, 0.15) is 16.8 Å². The minimum atomic E-state index is -1.81. The van der Waals surface area contributed by atoms with Crippen molar-refractivity contribution in [1.82, 2.24) is 0 Å². The first-order valence-electron chi connectivity index (χ1n) is 6.58. The second kappa shape index (κ2) is 5.76. The molecular weight excluding hydrogens is 322 g/mol. The molecule has 0 bridgehead atoms. The maximum atomic E-state index is 12.3. The summed E-state index contributed by atoms with van der Waals surface area (Å²) < 4.78 is 0. The number of amides is 1. The smallest absolute Gasteiger partial charge is 0.267 e. The van der Waals surface area contributed by atoms with E-state index in [0.29, 0.717) is 16.3 Å². The van der Waals surface area contributed by atoms with Gasteiger partial charge in [-0.05, 0) is 36.4 Å². The zero-order valence-electron chi connectivity index (χ0n) is 11.4. The van der Waals surface area contributed by atoms with Crippen molar-refractivity contribution in [2.24, 2.45) is 0 Å². The maximum Gasteiger partial charge on any atom is 0.267 e. The first-order chi connectivity index (χ1) is 10.5. The number of hydrogen-bond acceptors (Lipinski definition) is 4. The summed E-state index contributed by atoms with van der Waals surface area (Å²) in [7, 11) is 0. The Balaban J connectivity index is 1.83. The van der Waals surface area contributed by atoms with Crippen LogP contribution in [0.25, 0.3) is 0 Å². The minimum absolute atomic E-state index is 0.306. The quantitative estimate of drug-likeness (QED) is 0.845. The summed E-state index contributed by atoms with van der Waals surface area (Å²) in [6.07, 6.45) is -0.306. The predicted molar refractivity (Wildman–Crippen MR) is 86.3 cm³/mol. The molecule has 1 aliphatic rings. The average molecular weight is 334 g/mol. The maximum absolute atomic E-state index is 12.3. The van der Waals surface area contributed by atoms with E-state index in [0.717, 1.165) is 16.7 Å². The molecule has 3 rings (SSSR count). The third kappa shape index (κ3) is 2.88. The molecule has 6 heteroatoms. The van der Waals surface area contributed by atoms with Gasteiger partial charge in [-0.25, -0.2) is 0 Å². The number of fused-ring (bicyclic) bond motifs is 1. The van der Waals surface area contributed by atoms with Gasteiger partial charge in [-0.1, -0.05) is 35.5 Å². The lowest BCUT2D eigenvalue weighted by molar-refractivity contribution is -0.126. The van der Waals surface area contributed by atoms with Crippen molar-refractivity contribution in [2.45, 2.75) is 16.2 Å². The number of Topliss-reactive ketones (excluding diaryl/α,β-unsaturated/α-hetero) is 1. The van der Waals surface area contributed by atoms with E-state index in [1.54, 1.807) is 42.5 Å². The van der Waals surface area contributed by atoms with Gasteiger partial charge in [0.05, 0.1) is 12.1 Å². The van der Waals surface area contributed by atoms with Crippen molar-refractivity contribution in [2.75, 3.05) is 5.32 Å².